The number of rotatable bonds is 8. The lowest BCUT2D eigenvalue weighted by atomic mass is 10.1. The molecule has 0 saturated carbocycles. The Hall–Kier alpha value is -0.910. The van der Waals surface area contributed by atoms with Gasteiger partial charge in [-0.2, -0.15) is 0 Å². The van der Waals surface area contributed by atoms with Crippen LogP contribution in [0.1, 0.15) is 22.3 Å². The summed E-state index contributed by atoms with van der Waals surface area (Å²) in [6.45, 7) is 1.50. The van der Waals surface area contributed by atoms with Gasteiger partial charge in [-0.3, -0.25) is 4.79 Å². The predicted molar refractivity (Wildman–Crippen MR) is 73.9 cm³/mol. The Kier molecular flexibility index (Phi) is 7.64. The molecule has 0 aromatic heterocycles. The van der Waals surface area contributed by atoms with E-state index in [0.717, 1.165) is 17.3 Å². The van der Waals surface area contributed by atoms with Gasteiger partial charge in [0, 0.05) is 24.0 Å². The fraction of sp³-hybridized carbons (Fsp3) is 0.462. The van der Waals surface area contributed by atoms with E-state index in [1.54, 1.807) is 0 Å². The molecule has 1 amide bonds. The Labute approximate surface area is 115 Å². The largest absolute Gasteiger partial charge is 0.394 e. The summed E-state index contributed by atoms with van der Waals surface area (Å²) in [6, 6.07) is 7.48. The minimum Gasteiger partial charge on any atom is -0.394 e. The second-order valence-corrected chi connectivity index (χ2v) is 4.34. The molecule has 5 heteroatoms. The molecular formula is C13H18BrNO3. The van der Waals surface area contributed by atoms with Gasteiger partial charge < -0.3 is 15.2 Å². The lowest BCUT2D eigenvalue weighted by molar-refractivity contribution is 0.0867. The van der Waals surface area contributed by atoms with E-state index in [1.807, 2.05) is 24.3 Å². The maximum absolute atomic E-state index is 11.7. The van der Waals surface area contributed by atoms with E-state index >= 15 is 0 Å². The first kappa shape index (κ1) is 15.1. The van der Waals surface area contributed by atoms with Gasteiger partial charge in [0.05, 0.1) is 13.2 Å². The maximum Gasteiger partial charge on any atom is 0.251 e. The Morgan fingerprint density at radius 3 is 2.61 bits per heavy atom. The van der Waals surface area contributed by atoms with Crippen LogP contribution in [-0.4, -0.2) is 37.4 Å². The van der Waals surface area contributed by atoms with Crippen LogP contribution in [0.5, 0.6) is 0 Å². The van der Waals surface area contributed by atoms with Gasteiger partial charge in [0.2, 0.25) is 0 Å². The zero-order valence-corrected chi connectivity index (χ0v) is 11.8. The summed E-state index contributed by atoms with van der Waals surface area (Å²) >= 11 is 3.36. The molecule has 18 heavy (non-hydrogen) atoms. The molecule has 2 N–H and O–H groups in total. The Morgan fingerprint density at radius 2 is 2.00 bits per heavy atom. The average Bonchev–Trinajstić information content (AvgIpc) is 2.42. The number of hydrogen-bond donors (Lipinski definition) is 2. The molecule has 0 radical (unpaired) electrons. The smallest absolute Gasteiger partial charge is 0.251 e. The first-order valence-corrected chi connectivity index (χ1v) is 7.01. The van der Waals surface area contributed by atoms with Crippen molar-refractivity contribution in [2.75, 3.05) is 26.4 Å². The molecule has 0 atom stereocenters. The number of benzene rings is 1. The van der Waals surface area contributed by atoms with Crippen LogP contribution in [0.4, 0.5) is 0 Å². The number of aliphatic hydroxyl groups is 1. The predicted octanol–water partition coefficient (Wildman–Crippen LogP) is 1.71. The molecular weight excluding hydrogens is 298 g/mol. The second-order valence-electron chi connectivity index (χ2n) is 3.78. The normalized spacial score (nSPS) is 10.3. The van der Waals surface area contributed by atoms with Gasteiger partial charge in [-0.25, -0.2) is 0 Å². The molecule has 0 heterocycles. The highest BCUT2D eigenvalue weighted by Gasteiger charge is 2.03. The minimum atomic E-state index is -0.0710. The van der Waals surface area contributed by atoms with Crippen molar-refractivity contribution < 1.29 is 14.6 Å². The van der Waals surface area contributed by atoms with Crippen LogP contribution in [0.15, 0.2) is 24.3 Å². The number of nitrogens with one attached hydrogen (secondary N) is 1. The number of carbonyl (C=O) groups excluding carboxylic acids is 1. The van der Waals surface area contributed by atoms with Crippen LogP contribution in [0.2, 0.25) is 0 Å². The molecule has 4 nitrogen and oxygen atoms in total. The van der Waals surface area contributed by atoms with Crippen LogP contribution in [0.25, 0.3) is 0 Å². The highest BCUT2D eigenvalue weighted by atomic mass is 79.9. The van der Waals surface area contributed by atoms with Crippen molar-refractivity contribution in [3.05, 3.63) is 35.4 Å². The molecule has 100 valence electrons. The fourth-order valence-corrected chi connectivity index (χ4v) is 1.76. The van der Waals surface area contributed by atoms with Crippen LogP contribution < -0.4 is 5.32 Å². The van der Waals surface area contributed by atoms with E-state index in [9.17, 15) is 4.79 Å². The van der Waals surface area contributed by atoms with Gasteiger partial charge in [-0.05, 0) is 24.1 Å². The first-order valence-electron chi connectivity index (χ1n) is 5.89. The molecule has 0 aliphatic heterocycles. The molecule has 0 aliphatic rings. The first-order chi connectivity index (χ1) is 8.77. The zero-order valence-electron chi connectivity index (χ0n) is 10.2. The summed E-state index contributed by atoms with van der Waals surface area (Å²) in [6.07, 6.45) is 0.741. The third-order valence-corrected chi connectivity index (χ3v) is 3.00. The van der Waals surface area contributed by atoms with Gasteiger partial charge in [0.25, 0.3) is 5.91 Å². The quantitative estimate of drug-likeness (QED) is 0.567. The summed E-state index contributed by atoms with van der Waals surface area (Å²) in [7, 11) is 0. The molecule has 1 aromatic rings. The highest BCUT2D eigenvalue weighted by molar-refractivity contribution is 9.08. The summed E-state index contributed by atoms with van der Waals surface area (Å²) in [4.78, 5) is 11.7. The molecule has 0 saturated heterocycles. The molecule has 0 bridgehead atoms. The number of aliphatic hydroxyl groups excluding tert-OH is 1. The number of halogens is 1. The Balaban J connectivity index is 2.23. The van der Waals surface area contributed by atoms with Crippen molar-refractivity contribution in [3.63, 3.8) is 0 Å². The second kappa shape index (κ2) is 9.08. The van der Waals surface area contributed by atoms with E-state index < -0.39 is 0 Å². The summed E-state index contributed by atoms with van der Waals surface area (Å²) in [5.41, 5.74) is 1.81. The SMILES string of the molecule is O=C(NCCCOCCO)c1ccc(CBr)cc1. The summed E-state index contributed by atoms with van der Waals surface area (Å²) < 4.78 is 5.09. The van der Waals surface area contributed by atoms with Crippen LogP contribution in [-0.2, 0) is 10.1 Å². The van der Waals surface area contributed by atoms with Crippen LogP contribution in [0.3, 0.4) is 0 Å². The summed E-state index contributed by atoms with van der Waals surface area (Å²) in [5.74, 6) is -0.0710. The lowest BCUT2D eigenvalue weighted by Gasteiger charge is -2.06. The third kappa shape index (κ3) is 5.62. The monoisotopic (exact) mass is 315 g/mol. The Bertz CT molecular complexity index is 354. The minimum absolute atomic E-state index is 0.0340. The fourth-order valence-electron chi connectivity index (χ4n) is 1.39. The van der Waals surface area contributed by atoms with Crippen molar-refractivity contribution in [1.82, 2.24) is 5.32 Å². The van der Waals surface area contributed by atoms with E-state index in [4.69, 9.17) is 9.84 Å². The zero-order chi connectivity index (χ0) is 13.2. The molecule has 1 aromatic carbocycles. The van der Waals surface area contributed by atoms with Crippen molar-refractivity contribution >= 4 is 21.8 Å². The van der Waals surface area contributed by atoms with E-state index in [-0.39, 0.29) is 12.5 Å². The summed E-state index contributed by atoms with van der Waals surface area (Å²) in [5, 5.41) is 12.1. The number of amides is 1. The molecule has 0 fully saturated rings. The van der Waals surface area contributed by atoms with Gasteiger partial charge in [-0.1, -0.05) is 28.1 Å². The molecule has 0 spiro atoms. The third-order valence-electron chi connectivity index (χ3n) is 2.36. The number of alkyl halides is 1. The molecule has 0 aliphatic carbocycles. The van der Waals surface area contributed by atoms with Gasteiger partial charge in [-0.15, -0.1) is 0 Å². The maximum atomic E-state index is 11.7. The topological polar surface area (TPSA) is 58.6 Å². The number of hydrogen-bond acceptors (Lipinski definition) is 3. The van der Waals surface area contributed by atoms with Gasteiger partial charge in [0.15, 0.2) is 0 Å². The lowest BCUT2D eigenvalue weighted by Crippen LogP contribution is -2.25. The van der Waals surface area contributed by atoms with Crippen LogP contribution in [0, 0.1) is 0 Å². The van der Waals surface area contributed by atoms with E-state index in [2.05, 4.69) is 21.2 Å². The number of carbonyl (C=O) groups is 1. The van der Waals surface area contributed by atoms with E-state index in [0.29, 0.717) is 25.3 Å². The van der Waals surface area contributed by atoms with Crippen molar-refractivity contribution in [2.24, 2.45) is 0 Å². The van der Waals surface area contributed by atoms with Crippen LogP contribution >= 0.6 is 15.9 Å². The van der Waals surface area contributed by atoms with Crippen molar-refractivity contribution in [3.8, 4) is 0 Å². The van der Waals surface area contributed by atoms with Gasteiger partial charge in [0.1, 0.15) is 0 Å². The van der Waals surface area contributed by atoms with Crippen molar-refractivity contribution in [1.29, 1.82) is 0 Å². The van der Waals surface area contributed by atoms with Gasteiger partial charge >= 0.3 is 0 Å². The molecule has 0 unspecified atom stereocenters. The van der Waals surface area contributed by atoms with Crippen molar-refractivity contribution in [2.45, 2.75) is 11.8 Å². The Morgan fingerprint density at radius 1 is 1.28 bits per heavy atom. The molecule has 1 rings (SSSR count). The van der Waals surface area contributed by atoms with E-state index in [1.165, 1.54) is 0 Å². The highest BCUT2D eigenvalue weighted by Crippen LogP contribution is 2.07. The average molecular weight is 316 g/mol. The number of ether oxygens (including phenoxy) is 1. The standard InChI is InChI=1S/C13H18BrNO3/c14-10-11-2-4-12(5-3-11)13(17)15-6-1-8-18-9-7-16/h2-5,16H,1,6-10H2,(H,15,17).